The van der Waals surface area contributed by atoms with Crippen molar-refractivity contribution in [3.63, 3.8) is 0 Å². The molecule has 1 aromatic carbocycles. The average Bonchev–Trinajstić information content (AvgIpc) is 2.73. The van der Waals surface area contributed by atoms with E-state index in [1.54, 1.807) is 18.5 Å². The van der Waals surface area contributed by atoms with Crippen LogP contribution >= 0.6 is 0 Å². The number of carbonyl (C=O) groups excluding carboxylic acids is 1. The van der Waals surface area contributed by atoms with Gasteiger partial charge in [-0.1, -0.05) is 48.6 Å². The quantitative estimate of drug-likeness (QED) is 0.452. The summed E-state index contributed by atoms with van der Waals surface area (Å²) in [5, 5.41) is 21.0. The topological polar surface area (TPSA) is 98.2 Å². The summed E-state index contributed by atoms with van der Waals surface area (Å²) in [6.45, 7) is 0. The molecule has 1 aliphatic carbocycles. The van der Waals surface area contributed by atoms with Crippen LogP contribution in [0, 0.1) is 16.7 Å². The monoisotopic (exact) mass is 388 g/mol. The van der Waals surface area contributed by atoms with E-state index in [9.17, 15) is 4.79 Å². The third-order valence-electron chi connectivity index (χ3n) is 4.47. The summed E-state index contributed by atoms with van der Waals surface area (Å²) in [5.74, 6) is -0.202. The second-order valence-electron chi connectivity index (χ2n) is 7.04. The number of nitrogens with zero attached hydrogens (tertiary/aromatic N) is 4. The molecular weight excluding hydrogens is 364 g/mol. The van der Waals surface area contributed by atoms with Crippen molar-refractivity contribution in [1.82, 2.24) is 14.7 Å². The van der Waals surface area contributed by atoms with Crippen LogP contribution in [-0.4, -0.2) is 53.3 Å². The van der Waals surface area contributed by atoms with Crippen LogP contribution in [0.2, 0.25) is 0 Å². The van der Waals surface area contributed by atoms with Crippen LogP contribution in [0.25, 0.3) is 11.3 Å². The predicted octanol–water partition coefficient (Wildman–Crippen LogP) is 2.51. The summed E-state index contributed by atoms with van der Waals surface area (Å²) in [6.07, 6.45) is 8.44. The summed E-state index contributed by atoms with van der Waals surface area (Å²) in [5.41, 5.74) is 2.59. The van der Waals surface area contributed by atoms with Crippen molar-refractivity contribution >= 4 is 18.5 Å². The van der Waals surface area contributed by atoms with Gasteiger partial charge in [-0.3, -0.25) is 15.8 Å². The number of aromatic nitrogens is 2. The lowest BCUT2D eigenvalue weighted by atomic mass is 9.91. The molecule has 3 rings (SSSR count). The number of aliphatic imine (C=N–C) groups is 1. The number of aldehydes is 1. The lowest BCUT2D eigenvalue weighted by molar-refractivity contribution is -0.110. The number of benzene rings is 1. The fourth-order valence-electron chi connectivity index (χ4n) is 3.01. The Morgan fingerprint density at radius 3 is 2.69 bits per heavy atom. The molecule has 148 valence electrons. The van der Waals surface area contributed by atoms with E-state index < -0.39 is 0 Å². The zero-order valence-corrected chi connectivity index (χ0v) is 16.5. The molecule has 0 saturated heterocycles. The van der Waals surface area contributed by atoms with E-state index in [2.05, 4.69) is 10.1 Å². The third kappa shape index (κ3) is 5.01. The largest absolute Gasteiger partial charge is 0.369 e. The van der Waals surface area contributed by atoms with Gasteiger partial charge in [0.15, 0.2) is 0 Å². The first-order valence-corrected chi connectivity index (χ1v) is 9.30. The Kier molecular flexibility index (Phi) is 6.29. The Morgan fingerprint density at radius 2 is 2.00 bits per heavy atom. The average molecular weight is 388 g/mol. The van der Waals surface area contributed by atoms with Crippen molar-refractivity contribution in [2.75, 3.05) is 14.1 Å². The Morgan fingerprint density at radius 1 is 1.24 bits per heavy atom. The first-order chi connectivity index (χ1) is 14.0. The van der Waals surface area contributed by atoms with Gasteiger partial charge in [0.05, 0.1) is 24.0 Å². The number of nitrogens with one attached hydrogen (secondary N) is 2. The molecule has 7 nitrogen and oxygen atoms in total. The number of carbonyl (C=O) groups is 1. The standard InChI is InChI=1S/C22H24N6O/c1-27(2)15-25-19-9-8-16(12-18(19)14-29)13-22(24)28-21(23)11-10-20(26-28)17-6-4-3-5-7-17/h3-12,14-15,18-19,23-24H,13H2,1-2H3. The van der Waals surface area contributed by atoms with E-state index in [1.165, 1.54) is 4.68 Å². The van der Waals surface area contributed by atoms with Crippen molar-refractivity contribution in [1.29, 1.82) is 10.8 Å². The second kappa shape index (κ2) is 9.05. The minimum Gasteiger partial charge on any atom is -0.369 e. The molecule has 0 radical (unpaired) electrons. The van der Waals surface area contributed by atoms with Gasteiger partial charge in [0, 0.05) is 26.1 Å². The number of hydrogen-bond donors (Lipinski definition) is 2. The molecule has 0 amide bonds. The molecule has 1 aromatic heterocycles. The van der Waals surface area contributed by atoms with Crippen LogP contribution in [0.15, 0.2) is 71.3 Å². The number of rotatable bonds is 6. The van der Waals surface area contributed by atoms with Crippen LogP contribution in [0.3, 0.4) is 0 Å². The molecule has 0 aliphatic heterocycles. The van der Waals surface area contributed by atoms with Crippen molar-refractivity contribution in [2.45, 2.75) is 12.5 Å². The summed E-state index contributed by atoms with van der Waals surface area (Å²) in [6, 6.07) is 12.8. The second-order valence-corrected chi connectivity index (χ2v) is 7.04. The highest BCUT2D eigenvalue weighted by Crippen LogP contribution is 2.21. The van der Waals surface area contributed by atoms with Gasteiger partial charge in [0.25, 0.3) is 0 Å². The Hall–Kier alpha value is -3.61. The smallest absolute Gasteiger partial charge is 0.148 e. The molecule has 0 bridgehead atoms. The Labute approximate surface area is 169 Å². The van der Waals surface area contributed by atoms with Gasteiger partial charge in [0.2, 0.25) is 0 Å². The molecule has 29 heavy (non-hydrogen) atoms. The normalized spacial score (nSPS) is 18.5. The highest BCUT2D eigenvalue weighted by molar-refractivity contribution is 5.84. The molecule has 2 atom stereocenters. The summed E-state index contributed by atoms with van der Waals surface area (Å²) >= 11 is 0. The van der Waals surface area contributed by atoms with Crippen molar-refractivity contribution in [3.8, 4) is 11.3 Å². The van der Waals surface area contributed by atoms with Gasteiger partial charge in [-0.05, 0) is 17.7 Å². The highest BCUT2D eigenvalue weighted by atomic mass is 16.1. The van der Waals surface area contributed by atoms with E-state index in [4.69, 9.17) is 10.8 Å². The van der Waals surface area contributed by atoms with Crippen molar-refractivity contribution < 1.29 is 4.79 Å². The molecule has 2 N–H and O–H groups in total. The third-order valence-corrected chi connectivity index (χ3v) is 4.47. The summed E-state index contributed by atoms with van der Waals surface area (Å²) in [4.78, 5) is 17.7. The predicted molar refractivity (Wildman–Crippen MR) is 114 cm³/mol. The number of hydrogen-bond acceptors (Lipinski definition) is 5. The summed E-state index contributed by atoms with van der Waals surface area (Å²) in [7, 11) is 3.75. The first-order valence-electron chi connectivity index (χ1n) is 9.30. The lowest BCUT2D eigenvalue weighted by Gasteiger charge is -2.19. The van der Waals surface area contributed by atoms with Gasteiger partial charge < -0.3 is 9.69 Å². The maximum atomic E-state index is 11.5. The van der Waals surface area contributed by atoms with Gasteiger partial charge >= 0.3 is 0 Å². The maximum Gasteiger partial charge on any atom is 0.148 e. The lowest BCUT2D eigenvalue weighted by Crippen LogP contribution is -2.29. The van der Waals surface area contributed by atoms with E-state index in [0.717, 1.165) is 17.4 Å². The van der Waals surface area contributed by atoms with Crippen molar-refractivity contribution in [2.24, 2.45) is 10.9 Å². The first kappa shape index (κ1) is 20.1. The summed E-state index contributed by atoms with van der Waals surface area (Å²) < 4.78 is 1.32. The Bertz CT molecular complexity index is 1030. The molecule has 1 heterocycles. The maximum absolute atomic E-state index is 11.5. The highest BCUT2D eigenvalue weighted by Gasteiger charge is 2.20. The van der Waals surface area contributed by atoms with E-state index in [-0.39, 0.29) is 29.7 Å². The van der Waals surface area contributed by atoms with Crippen molar-refractivity contribution in [3.05, 3.63) is 71.8 Å². The van der Waals surface area contributed by atoms with Crippen LogP contribution < -0.4 is 5.49 Å². The van der Waals surface area contributed by atoms with Gasteiger partial charge in [-0.25, -0.2) is 4.68 Å². The van der Waals surface area contributed by atoms with E-state index >= 15 is 0 Å². The SMILES string of the molecule is CN(C)C=NC1C=CC(CC(=N)n2nc(-c3ccccc3)ccc2=N)=CC1C=O. The molecule has 0 saturated carbocycles. The van der Waals surface area contributed by atoms with Crippen LogP contribution in [0.1, 0.15) is 6.42 Å². The zero-order chi connectivity index (χ0) is 20.8. The Balaban J connectivity index is 1.79. The molecule has 1 aliphatic rings. The number of allylic oxidation sites excluding steroid dienone is 2. The van der Waals surface area contributed by atoms with Gasteiger partial charge in [0.1, 0.15) is 17.6 Å². The van der Waals surface area contributed by atoms with Crippen LogP contribution in [-0.2, 0) is 4.79 Å². The van der Waals surface area contributed by atoms with E-state index in [0.29, 0.717) is 5.69 Å². The molecule has 2 aromatic rings. The molecule has 7 heteroatoms. The van der Waals surface area contributed by atoms with E-state index in [1.807, 2.05) is 67.6 Å². The van der Waals surface area contributed by atoms with Gasteiger partial charge in [-0.2, -0.15) is 5.10 Å². The fourth-order valence-corrected chi connectivity index (χ4v) is 3.01. The van der Waals surface area contributed by atoms with Crippen LogP contribution in [0.4, 0.5) is 0 Å². The molecule has 0 fully saturated rings. The fraction of sp³-hybridized carbons (Fsp3) is 0.227. The zero-order valence-electron chi connectivity index (χ0n) is 16.5. The molecule has 2 unspecified atom stereocenters. The van der Waals surface area contributed by atoms with Gasteiger partial charge in [-0.15, -0.1) is 0 Å². The minimum atomic E-state index is -0.372. The molecule has 0 spiro atoms. The minimum absolute atomic E-state index is 0.135. The van der Waals surface area contributed by atoms with Crippen LogP contribution in [0.5, 0.6) is 0 Å². The molecular formula is C22H24N6O.